The van der Waals surface area contributed by atoms with E-state index in [1.54, 1.807) is 0 Å². The minimum Gasteiger partial charge on any atom is -0.0625 e. The van der Waals surface area contributed by atoms with Crippen LogP contribution < -0.4 is 0 Å². The van der Waals surface area contributed by atoms with Crippen LogP contribution in [-0.4, -0.2) is 0 Å². The molecule has 3 rings (SSSR count). The van der Waals surface area contributed by atoms with Crippen molar-refractivity contribution in [1.82, 2.24) is 0 Å². The van der Waals surface area contributed by atoms with E-state index in [-0.39, 0.29) is 0 Å². The molecule has 0 bridgehead atoms. The number of hydrogen-bond donors (Lipinski definition) is 0. The third-order valence-corrected chi connectivity index (χ3v) is 4.05. The van der Waals surface area contributed by atoms with Crippen molar-refractivity contribution in [3.05, 3.63) is 57.6 Å². The standard InChI is InChI=1S/C17H17Br/c1-11(2)7-12-3-5-16-13(8-12)9-14-10-15(18)4-6-17(14)16/h3-6,8,10-11H,7,9H2,1-2H3. The Bertz CT molecular complexity index is 597. The third-order valence-electron chi connectivity index (χ3n) is 3.55. The van der Waals surface area contributed by atoms with Gasteiger partial charge in [-0.3, -0.25) is 0 Å². The van der Waals surface area contributed by atoms with Crippen molar-refractivity contribution < 1.29 is 0 Å². The van der Waals surface area contributed by atoms with Crippen LogP contribution in [0.3, 0.4) is 0 Å². The second-order valence-corrected chi connectivity index (χ2v) is 6.48. The lowest BCUT2D eigenvalue weighted by atomic mass is 9.98. The van der Waals surface area contributed by atoms with Gasteiger partial charge in [-0.15, -0.1) is 0 Å². The molecule has 2 aromatic carbocycles. The summed E-state index contributed by atoms with van der Waals surface area (Å²) in [4.78, 5) is 0. The molecule has 0 nitrogen and oxygen atoms in total. The van der Waals surface area contributed by atoms with Crippen molar-refractivity contribution in [3.63, 3.8) is 0 Å². The van der Waals surface area contributed by atoms with Gasteiger partial charge in [0, 0.05) is 4.47 Å². The zero-order valence-corrected chi connectivity index (χ0v) is 12.4. The lowest BCUT2D eigenvalue weighted by Gasteiger charge is -2.07. The smallest absolute Gasteiger partial charge is 0.0178 e. The minimum atomic E-state index is 0.723. The van der Waals surface area contributed by atoms with E-state index in [1.807, 2.05) is 0 Å². The molecule has 0 spiro atoms. The van der Waals surface area contributed by atoms with E-state index >= 15 is 0 Å². The Hall–Kier alpha value is -1.08. The number of hydrogen-bond acceptors (Lipinski definition) is 0. The molecule has 0 atom stereocenters. The molecule has 0 saturated carbocycles. The third kappa shape index (κ3) is 2.12. The Morgan fingerprint density at radius 2 is 1.67 bits per heavy atom. The Kier molecular flexibility index (Phi) is 3.03. The molecular formula is C17H17Br. The molecule has 0 N–H and O–H groups in total. The van der Waals surface area contributed by atoms with E-state index in [0.717, 1.165) is 12.3 Å². The maximum Gasteiger partial charge on any atom is 0.0178 e. The highest BCUT2D eigenvalue weighted by Gasteiger charge is 2.18. The fraction of sp³-hybridized carbons (Fsp3) is 0.294. The summed E-state index contributed by atoms with van der Waals surface area (Å²) in [6, 6.07) is 13.6. The normalized spacial score (nSPS) is 12.7. The van der Waals surface area contributed by atoms with E-state index in [0.29, 0.717) is 0 Å². The fourth-order valence-electron chi connectivity index (χ4n) is 2.83. The van der Waals surface area contributed by atoms with Crippen LogP contribution in [0.15, 0.2) is 40.9 Å². The summed E-state index contributed by atoms with van der Waals surface area (Å²) in [5.74, 6) is 0.723. The quantitative estimate of drug-likeness (QED) is 0.609. The molecule has 0 fully saturated rings. The SMILES string of the molecule is CC(C)Cc1ccc2c(c1)Cc1cc(Br)ccc1-2. The van der Waals surface area contributed by atoms with Crippen molar-refractivity contribution in [3.8, 4) is 11.1 Å². The van der Waals surface area contributed by atoms with Gasteiger partial charge >= 0.3 is 0 Å². The highest BCUT2D eigenvalue weighted by Crippen LogP contribution is 2.38. The van der Waals surface area contributed by atoms with Crippen molar-refractivity contribution in [1.29, 1.82) is 0 Å². The van der Waals surface area contributed by atoms with Crippen LogP contribution in [0.4, 0.5) is 0 Å². The van der Waals surface area contributed by atoms with Crippen LogP contribution in [-0.2, 0) is 12.8 Å². The van der Waals surface area contributed by atoms with E-state index in [1.165, 1.54) is 38.7 Å². The highest BCUT2D eigenvalue weighted by molar-refractivity contribution is 9.10. The monoisotopic (exact) mass is 300 g/mol. The Morgan fingerprint density at radius 1 is 1.00 bits per heavy atom. The first kappa shape index (κ1) is 12.0. The largest absolute Gasteiger partial charge is 0.0625 e. The van der Waals surface area contributed by atoms with E-state index < -0.39 is 0 Å². The molecule has 0 unspecified atom stereocenters. The van der Waals surface area contributed by atoms with Crippen LogP contribution >= 0.6 is 15.9 Å². The van der Waals surface area contributed by atoms with Crippen LogP contribution in [0.5, 0.6) is 0 Å². The Labute approximate surface area is 117 Å². The topological polar surface area (TPSA) is 0 Å². The van der Waals surface area contributed by atoms with E-state index in [9.17, 15) is 0 Å². The molecule has 1 heteroatoms. The minimum absolute atomic E-state index is 0.723. The molecule has 0 saturated heterocycles. The maximum absolute atomic E-state index is 3.56. The van der Waals surface area contributed by atoms with Crippen molar-refractivity contribution in [2.75, 3.05) is 0 Å². The van der Waals surface area contributed by atoms with Crippen LogP contribution in [0.25, 0.3) is 11.1 Å². The summed E-state index contributed by atoms with van der Waals surface area (Å²) in [5.41, 5.74) is 7.23. The molecule has 1 aliphatic carbocycles. The average molecular weight is 301 g/mol. The zero-order chi connectivity index (χ0) is 12.7. The second-order valence-electron chi connectivity index (χ2n) is 5.57. The summed E-state index contributed by atoms with van der Waals surface area (Å²) in [6.07, 6.45) is 2.25. The first-order chi connectivity index (χ1) is 8.63. The maximum atomic E-state index is 3.56. The second kappa shape index (κ2) is 4.55. The number of fused-ring (bicyclic) bond motifs is 3. The Balaban J connectivity index is 2.01. The number of rotatable bonds is 2. The molecule has 0 heterocycles. The summed E-state index contributed by atoms with van der Waals surface area (Å²) in [5, 5.41) is 0. The van der Waals surface area contributed by atoms with Gasteiger partial charge in [0.05, 0.1) is 0 Å². The van der Waals surface area contributed by atoms with E-state index in [4.69, 9.17) is 0 Å². The average Bonchev–Trinajstić information content (AvgIpc) is 2.64. The van der Waals surface area contributed by atoms with Crippen molar-refractivity contribution >= 4 is 15.9 Å². The first-order valence-corrected chi connectivity index (χ1v) is 7.33. The van der Waals surface area contributed by atoms with Gasteiger partial charge in [0.25, 0.3) is 0 Å². The van der Waals surface area contributed by atoms with Crippen molar-refractivity contribution in [2.45, 2.75) is 26.7 Å². The molecule has 0 amide bonds. The summed E-state index contributed by atoms with van der Waals surface area (Å²) >= 11 is 3.56. The zero-order valence-electron chi connectivity index (χ0n) is 10.8. The Morgan fingerprint density at radius 3 is 2.39 bits per heavy atom. The van der Waals surface area contributed by atoms with Gasteiger partial charge in [0.1, 0.15) is 0 Å². The molecule has 0 aromatic heterocycles. The van der Waals surface area contributed by atoms with Gasteiger partial charge in [-0.05, 0) is 58.7 Å². The molecular weight excluding hydrogens is 284 g/mol. The van der Waals surface area contributed by atoms with Gasteiger partial charge in [-0.1, -0.05) is 54.0 Å². The molecule has 92 valence electrons. The lowest BCUT2D eigenvalue weighted by Crippen LogP contribution is -1.94. The summed E-state index contributed by atoms with van der Waals surface area (Å²) in [6.45, 7) is 4.55. The van der Waals surface area contributed by atoms with Crippen LogP contribution in [0, 0.1) is 5.92 Å². The van der Waals surface area contributed by atoms with Gasteiger partial charge in [-0.25, -0.2) is 0 Å². The molecule has 2 aromatic rings. The summed E-state index contributed by atoms with van der Waals surface area (Å²) < 4.78 is 1.18. The fourth-order valence-corrected chi connectivity index (χ4v) is 3.24. The number of benzene rings is 2. The first-order valence-electron chi connectivity index (χ1n) is 6.54. The van der Waals surface area contributed by atoms with Gasteiger partial charge in [0.15, 0.2) is 0 Å². The molecule has 0 radical (unpaired) electrons. The van der Waals surface area contributed by atoms with Crippen molar-refractivity contribution in [2.24, 2.45) is 5.92 Å². The highest BCUT2D eigenvalue weighted by atomic mass is 79.9. The van der Waals surface area contributed by atoms with Gasteiger partial charge < -0.3 is 0 Å². The molecule has 18 heavy (non-hydrogen) atoms. The molecule has 0 aliphatic heterocycles. The van der Waals surface area contributed by atoms with Crippen LogP contribution in [0.1, 0.15) is 30.5 Å². The lowest BCUT2D eigenvalue weighted by molar-refractivity contribution is 0.647. The number of halogens is 1. The van der Waals surface area contributed by atoms with Gasteiger partial charge in [0.2, 0.25) is 0 Å². The predicted molar refractivity (Wildman–Crippen MR) is 80.9 cm³/mol. The predicted octanol–water partition coefficient (Wildman–Crippen LogP) is 5.22. The van der Waals surface area contributed by atoms with E-state index in [2.05, 4.69) is 66.2 Å². The van der Waals surface area contributed by atoms with Gasteiger partial charge in [-0.2, -0.15) is 0 Å². The summed E-state index contributed by atoms with van der Waals surface area (Å²) in [7, 11) is 0. The van der Waals surface area contributed by atoms with Crippen LogP contribution in [0.2, 0.25) is 0 Å². The molecule has 1 aliphatic rings.